The molecule has 7 nitrogen and oxygen atoms in total. The number of nitrogens with one attached hydrogen (secondary N) is 1. The first-order chi connectivity index (χ1) is 8.51. The minimum atomic E-state index is -3.55. The van der Waals surface area contributed by atoms with Crippen molar-refractivity contribution in [3.63, 3.8) is 0 Å². The van der Waals surface area contributed by atoms with Crippen LogP contribution in [0.3, 0.4) is 0 Å². The van der Waals surface area contributed by atoms with Crippen molar-refractivity contribution >= 4 is 26.5 Å². The molecule has 1 aromatic rings. The van der Waals surface area contributed by atoms with Gasteiger partial charge in [-0.1, -0.05) is 18.3 Å². The van der Waals surface area contributed by atoms with Crippen LogP contribution >= 0.6 is 11.3 Å². The molecule has 1 atom stereocenters. The lowest BCUT2D eigenvalue weighted by Crippen LogP contribution is -2.31. The first-order valence-corrected chi connectivity index (χ1v) is 8.12. The van der Waals surface area contributed by atoms with E-state index in [0.29, 0.717) is 12.5 Å². The summed E-state index contributed by atoms with van der Waals surface area (Å²) >= 11 is 0.877. The van der Waals surface area contributed by atoms with Gasteiger partial charge < -0.3 is 10.6 Å². The SMILES string of the molecule is CCN1CCC(CNS(=O)(=O)c2nnc(N)s2)C1. The Kier molecular flexibility index (Phi) is 4.15. The lowest BCUT2D eigenvalue weighted by atomic mass is 10.1. The van der Waals surface area contributed by atoms with Crippen LogP contribution in [0.4, 0.5) is 5.13 Å². The van der Waals surface area contributed by atoms with Crippen LogP contribution in [0.1, 0.15) is 13.3 Å². The highest BCUT2D eigenvalue weighted by Gasteiger charge is 2.25. The summed E-state index contributed by atoms with van der Waals surface area (Å²) in [7, 11) is -3.55. The summed E-state index contributed by atoms with van der Waals surface area (Å²) in [5.41, 5.74) is 5.38. The molecule has 1 fully saturated rings. The fourth-order valence-electron chi connectivity index (χ4n) is 1.98. The molecule has 1 aliphatic heterocycles. The second-order valence-corrected chi connectivity index (χ2v) is 7.26. The number of sulfonamides is 1. The standard InChI is InChI=1S/C9H17N5O2S2/c1-2-14-4-3-7(6-14)5-11-18(15,16)9-13-12-8(10)17-9/h7,11H,2-6H2,1H3,(H2,10,12). The normalized spacial score (nSPS) is 21.5. The van der Waals surface area contributed by atoms with Crippen molar-refractivity contribution in [2.45, 2.75) is 17.7 Å². The van der Waals surface area contributed by atoms with Crippen molar-refractivity contribution < 1.29 is 8.42 Å². The van der Waals surface area contributed by atoms with E-state index in [1.54, 1.807) is 0 Å². The third-order valence-electron chi connectivity index (χ3n) is 3.03. The van der Waals surface area contributed by atoms with Crippen molar-refractivity contribution in [2.24, 2.45) is 5.92 Å². The number of aromatic nitrogens is 2. The third-order valence-corrected chi connectivity index (χ3v) is 5.57. The molecule has 102 valence electrons. The minimum Gasteiger partial charge on any atom is -0.374 e. The van der Waals surface area contributed by atoms with Gasteiger partial charge >= 0.3 is 0 Å². The van der Waals surface area contributed by atoms with Gasteiger partial charge in [0.1, 0.15) is 0 Å². The number of hydrogen-bond acceptors (Lipinski definition) is 7. The van der Waals surface area contributed by atoms with E-state index < -0.39 is 10.0 Å². The Morgan fingerprint density at radius 3 is 2.89 bits per heavy atom. The van der Waals surface area contributed by atoms with Gasteiger partial charge in [-0.25, -0.2) is 13.1 Å². The monoisotopic (exact) mass is 291 g/mol. The van der Waals surface area contributed by atoms with Crippen molar-refractivity contribution in [3.8, 4) is 0 Å². The molecule has 3 N–H and O–H groups in total. The molecule has 0 spiro atoms. The van der Waals surface area contributed by atoms with Crippen LogP contribution < -0.4 is 10.5 Å². The number of likely N-dealkylation sites (tertiary alicyclic amines) is 1. The maximum absolute atomic E-state index is 11.9. The zero-order valence-corrected chi connectivity index (χ0v) is 11.8. The van der Waals surface area contributed by atoms with Gasteiger partial charge in [0, 0.05) is 13.1 Å². The summed E-state index contributed by atoms with van der Waals surface area (Å²) in [4.78, 5) is 2.31. The van der Waals surface area contributed by atoms with Gasteiger partial charge in [-0.2, -0.15) is 0 Å². The molecule has 1 saturated heterocycles. The summed E-state index contributed by atoms with van der Waals surface area (Å²) in [6, 6.07) is 0. The molecule has 0 radical (unpaired) electrons. The second kappa shape index (κ2) is 5.47. The molecule has 9 heteroatoms. The molecule has 2 heterocycles. The molecular formula is C9H17N5O2S2. The van der Waals surface area contributed by atoms with Crippen LogP contribution in [0.5, 0.6) is 0 Å². The Balaban J connectivity index is 1.90. The zero-order chi connectivity index (χ0) is 13.2. The molecular weight excluding hydrogens is 274 g/mol. The maximum Gasteiger partial charge on any atom is 0.269 e. The van der Waals surface area contributed by atoms with Crippen molar-refractivity contribution in [1.29, 1.82) is 0 Å². The second-order valence-electron chi connectivity index (χ2n) is 4.31. The average molecular weight is 291 g/mol. The van der Waals surface area contributed by atoms with E-state index >= 15 is 0 Å². The highest BCUT2D eigenvalue weighted by Crippen LogP contribution is 2.18. The zero-order valence-electron chi connectivity index (χ0n) is 10.2. The molecule has 1 unspecified atom stereocenters. The van der Waals surface area contributed by atoms with E-state index in [4.69, 9.17) is 5.73 Å². The Labute approximate surface area is 110 Å². The average Bonchev–Trinajstić information content (AvgIpc) is 2.95. The fraction of sp³-hybridized carbons (Fsp3) is 0.778. The van der Waals surface area contributed by atoms with E-state index in [1.807, 2.05) is 0 Å². The van der Waals surface area contributed by atoms with Crippen LogP contribution in [0.15, 0.2) is 4.34 Å². The van der Waals surface area contributed by atoms with Crippen LogP contribution in [0.2, 0.25) is 0 Å². The molecule has 2 rings (SSSR count). The predicted molar refractivity (Wildman–Crippen MR) is 69.7 cm³/mol. The quantitative estimate of drug-likeness (QED) is 0.775. The third kappa shape index (κ3) is 3.16. The first kappa shape index (κ1) is 13.7. The highest BCUT2D eigenvalue weighted by molar-refractivity contribution is 7.91. The Bertz CT molecular complexity index is 501. The number of rotatable bonds is 5. The maximum atomic E-state index is 11.9. The van der Waals surface area contributed by atoms with Crippen LogP contribution in [0.25, 0.3) is 0 Å². The number of nitrogens with zero attached hydrogens (tertiary/aromatic N) is 3. The van der Waals surface area contributed by atoms with E-state index in [9.17, 15) is 8.42 Å². The molecule has 0 aromatic carbocycles. The van der Waals surface area contributed by atoms with E-state index in [1.165, 1.54) is 0 Å². The highest BCUT2D eigenvalue weighted by atomic mass is 32.2. The summed E-state index contributed by atoms with van der Waals surface area (Å²) in [6.07, 6.45) is 1.02. The van der Waals surface area contributed by atoms with Crippen LogP contribution in [0, 0.1) is 5.92 Å². The molecule has 0 aliphatic carbocycles. The smallest absolute Gasteiger partial charge is 0.269 e. The van der Waals surface area contributed by atoms with Gasteiger partial charge in [0.2, 0.25) is 9.47 Å². The van der Waals surface area contributed by atoms with Gasteiger partial charge in [0.25, 0.3) is 10.0 Å². The number of hydrogen-bond donors (Lipinski definition) is 2. The van der Waals surface area contributed by atoms with Crippen molar-refractivity contribution in [3.05, 3.63) is 0 Å². The Hall–Kier alpha value is -0.770. The number of anilines is 1. The molecule has 0 amide bonds. The fourth-order valence-corrected chi connectivity index (χ4v) is 3.93. The van der Waals surface area contributed by atoms with Gasteiger partial charge in [-0.3, -0.25) is 0 Å². The minimum absolute atomic E-state index is 0.0645. The Morgan fingerprint density at radius 2 is 2.33 bits per heavy atom. The van der Waals surface area contributed by atoms with Crippen LogP contribution in [-0.4, -0.2) is 49.7 Å². The summed E-state index contributed by atoms with van der Waals surface area (Å²) < 4.78 is 26.3. The number of nitrogen functional groups attached to an aromatic ring is 1. The van der Waals surface area contributed by atoms with E-state index in [-0.39, 0.29) is 9.47 Å². The van der Waals surface area contributed by atoms with Gasteiger partial charge in [0.15, 0.2) is 0 Å². The summed E-state index contributed by atoms with van der Waals surface area (Å²) in [5.74, 6) is 0.366. The van der Waals surface area contributed by atoms with Gasteiger partial charge in [0.05, 0.1) is 0 Å². The summed E-state index contributed by atoms with van der Waals surface area (Å²) in [6.45, 7) is 5.54. The van der Waals surface area contributed by atoms with Crippen molar-refractivity contribution in [1.82, 2.24) is 19.8 Å². The van der Waals surface area contributed by atoms with Gasteiger partial charge in [-0.05, 0) is 25.4 Å². The topological polar surface area (TPSA) is 101 Å². The molecule has 0 saturated carbocycles. The first-order valence-electron chi connectivity index (χ1n) is 5.82. The van der Waals surface area contributed by atoms with Gasteiger partial charge in [-0.15, -0.1) is 10.2 Å². The largest absolute Gasteiger partial charge is 0.374 e. The summed E-state index contributed by atoms with van der Waals surface area (Å²) in [5, 5.41) is 7.21. The van der Waals surface area contributed by atoms with Crippen LogP contribution in [-0.2, 0) is 10.0 Å². The molecule has 1 aromatic heterocycles. The lowest BCUT2D eigenvalue weighted by Gasteiger charge is -2.13. The van der Waals surface area contributed by atoms with Crippen molar-refractivity contribution in [2.75, 3.05) is 31.9 Å². The molecule has 0 bridgehead atoms. The molecule has 18 heavy (non-hydrogen) atoms. The lowest BCUT2D eigenvalue weighted by molar-refractivity contribution is 0.342. The Morgan fingerprint density at radius 1 is 1.56 bits per heavy atom. The number of nitrogens with two attached hydrogens (primary N) is 1. The predicted octanol–water partition coefficient (Wildman–Crippen LogP) is -0.260. The van der Waals surface area contributed by atoms with E-state index in [2.05, 4.69) is 26.7 Å². The molecule has 1 aliphatic rings. The van der Waals surface area contributed by atoms with E-state index in [0.717, 1.165) is 37.4 Å².